The van der Waals surface area contributed by atoms with Gasteiger partial charge in [-0.3, -0.25) is 0 Å². The van der Waals surface area contributed by atoms with Crippen molar-refractivity contribution in [3.05, 3.63) is 82.6 Å². The molecule has 22 heavy (non-hydrogen) atoms. The molecule has 0 bridgehead atoms. The van der Waals surface area contributed by atoms with Crippen molar-refractivity contribution < 1.29 is 0 Å². The summed E-state index contributed by atoms with van der Waals surface area (Å²) >= 11 is 1.84. The lowest BCUT2D eigenvalue weighted by atomic mass is 9.91. The third kappa shape index (κ3) is 1.69. The molecule has 5 aromatic rings. The minimum atomic E-state index is 1.02. The lowest BCUT2D eigenvalue weighted by molar-refractivity contribution is 1.27. The van der Waals surface area contributed by atoms with Gasteiger partial charge in [-0.15, -0.1) is 11.3 Å². The maximum absolute atomic E-state index is 2.30. The predicted octanol–water partition coefficient (Wildman–Crippen LogP) is 6.24. The standard InChI is InChI=1S/C21H14S/c1-3-14-6-7-16-8-9-17(13-18-5-2-12-22-18)19-11-10-15(4-1)20(14)21(16)19/h1-12H,13H2. The van der Waals surface area contributed by atoms with Crippen LogP contribution in [0.4, 0.5) is 0 Å². The van der Waals surface area contributed by atoms with Crippen LogP contribution >= 0.6 is 11.3 Å². The zero-order chi connectivity index (χ0) is 14.5. The van der Waals surface area contributed by atoms with Gasteiger partial charge in [0.25, 0.3) is 0 Å². The smallest absolute Gasteiger partial charge is 0.00892 e. The van der Waals surface area contributed by atoms with Crippen LogP contribution in [0.3, 0.4) is 0 Å². The quantitative estimate of drug-likeness (QED) is 0.339. The van der Waals surface area contributed by atoms with Crippen LogP contribution in [-0.2, 0) is 6.42 Å². The lowest BCUT2D eigenvalue weighted by Crippen LogP contribution is -1.90. The third-order valence-electron chi connectivity index (χ3n) is 4.56. The molecule has 104 valence electrons. The van der Waals surface area contributed by atoms with E-state index in [0.29, 0.717) is 0 Å². The topological polar surface area (TPSA) is 0 Å². The van der Waals surface area contributed by atoms with Crippen LogP contribution in [0.25, 0.3) is 32.3 Å². The molecular weight excluding hydrogens is 284 g/mol. The monoisotopic (exact) mass is 298 g/mol. The highest BCUT2D eigenvalue weighted by Gasteiger charge is 2.11. The maximum atomic E-state index is 2.30. The van der Waals surface area contributed by atoms with Crippen molar-refractivity contribution in [2.75, 3.05) is 0 Å². The van der Waals surface area contributed by atoms with Crippen LogP contribution in [-0.4, -0.2) is 0 Å². The predicted molar refractivity (Wildman–Crippen MR) is 97.3 cm³/mol. The molecule has 0 saturated heterocycles. The Bertz CT molecular complexity index is 1070. The van der Waals surface area contributed by atoms with Gasteiger partial charge in [0.15, 0.2) is 0 Å². The van der Waals surface area contributed by atoms with Crippen molar-refractivity contribution in [1.82, 2.24) is 0 Å². The van der Waals surface area contributed by atoms with Crippen molar-refractivity contribution in [3.63, 3.8) is 0 Å². The summed E-state index contributed by atoms with van der Waals surface area (Å²) in [6.07, 6.45) is 1.02. The Morgan fingerprint density at radius 1 is 0.636 bits per heavy atom. The zero-order valence-electron chi connectivity index (χ0n) is 12.0. The van der Waals surface area contributed by atoms with E-state index >= 15 is 0 Å². The first-order chi connectivity index (χ1) is 10.9. The summed E-state index contributed by atoms with van der Waals surface area (Å²) in [6.45, 7) is 0. The number of hydrogen-bond donors (Lipinski definition) is 0. The molecule has 4 aromatic carbocycles. The van der Waals surface area contributed by atoms with Crippen LogP contribution in [0, 0.1) is 0 Å². The van der Waals surface area contributed by atoms with Gasteiger partial charge in [0.05, 0.1) is 0 Å². The molecule has 5 rings (SSSR count). The van der Waals surface area contributed by atoms with Crippen LogP contribution in [0.1, 0.15) is 10.4 Å². The van der Waals surface area contributed by atoms with Gasteiger partial charge in [0, 0.05) is 11.3 Å². The van der Waals surface area contributed by atoms with Crippen molar-refractivity contribution in [2.24, 2.45) is 0 Å². The van der Waals surface area contributed by atoms with E-state index in [1.54, 1.807) is 0 Å². The molecule has 0 aliphatic rings. The first-order valence-electron chi connectivity index (χ1n) is 7.58. The second-order valence-corrected chi connectivity index (χ2v) is 6.87. The molecular formula is C21H14S. The molecule has 1 heterocycles. The molecule has 0 aliphatic heterocycles. The summed E-state index contributed by atoms with van der Waals surface area (Å²) in [5.74, 6) is 0. The molecule has 1 heteroatoms. The van der Waals surface area contributed by atoms with Gasteiger partial charge in [-0.05, 0) is 49.3 Å². The van der Waals surface area contributed by atoms with Gasteiger partial charge in [0.2, 0.25) is 0 Å². The Kier molecular flexibility index (Phi) is 2.53. The number of thiophene rings is 1. The van der Waals surface area contributed by atoms with Gasteiger partial charge >= 0.3 is 0 Å². The van der Waals surface area contributed by atoms with Crippen LogP contribution in [0.5, 0.6) is 0 Å². The SMILES string of the molecule is c1csc(Cc2ccc3ccc4cccc5ccc2c3c45)c1. The Labute approximate surface area is 133 Å². The molecule has 0 nitrogen and oxygen atoms in total. The number of hydrogen-bond acceptors (Lipinski definition) is 1. The fraction of sp³-hybridized carbons (Fsp3) is 0.0476. The van der Waals surface area contributed by atoms with Gasteiger partial charge in [-0.25, -0.2) is 0 Å². The summed E-state index contributed by atoms with van der Waals surface area (Å²) in [7, 11) is 0. The van der Waals surface area contributed by atoms with Crippen LogP contribution < -0.4 is 0 Å². The fourth-order valence-corrected chi connectivity index (χ4v) is 4.28. The highest BCUT2D eigenvalue weighted by Crippen LogP contribution is 2.36. The minimum Gasteiger partial charge on any atom is -0.149 e. The molecule has 0 fully saturated rings. The summed E-state index contributed by atoms with van der Waals surface area (Å²) in [5.41, 5.74) is 1.42. The van der Waals surface area contributed by atoms with E-state index in [1.807, 2.05) is 11.3 Å². The second-order valence-electron chi connectivity index (χ2n) is 5.84. The summed E-state index contributed by atoms with van der Waals surface area (Å²) in [6, 6.07) is 24.6. The highest BCUT2D eigenvalue weighted by atomic mass is 32.1. The maximum Gasteiger partial charge on any atom is 0.00892 e. The zero-order valence-corrected chi connectivity index (χ0v) is 12.9. The minimum absolute atomic E-state index is 1.02. The van der Waals surface area contributed by atoms with E-state index in [1.165, 1.54) is 42.8 Å². The Morgan fingerprint density at radius 2 is 1.36 bits per heavy atom. The molecule has 1 aromatic heterocycles. The van der Waals surface area contributed by atoms with Crippen molar-refractivity contribution in [3.8, 4) is 0 Å². The average Bonchev–Trinajstić information content (AvgIpc) is 3.07. The second kappa shape index (κ2) is 4.56. The molecule has 0 aliphatic carbocycles. The van der Waals surface area contributed by atoms with E-state index in [9.17, 15) is 0 Å². The van der Waals surface area contributed by atoms with E-state index in [2.05, 4.69) is 72.1 Å². The Balaban J connectivity index is 1.89. The molecule has 0 spiro atoms. The summed E-state index contributed by atoms with van der Waals surface area (Å²) in [5, 5.41) is 10.4. The summed E-state index contributed by atoms with van der Waals surface area (Å²) < 4.78 is 0. The fourth-order valence-electron chi connectivity index (χ4n) is 3.55. The van der Waals surface area contributed by atoms with Crippen LogP contribution in [0.2, 0.25) is 0 Å². The van der Waals surface area contributed by atoms with Gasteiger partial charge < -0.3 is 0 Å². The first-order valence-corrected chi connectivity index (χ1v) is 8.46. The molecule has 0 atom stereocenters. The summed E-state index contributed by atoms with van der Waals surface area (Å²) in [4.78, 5) is 1.43. The van der Waals surface area contributed by atoms with E-state index < -0.39 is 0 Å². The van der Waals surface area contributed by atoms with Gasteiger partial charge in [-0.2, -0.15) is 0 Å². The molecule has 0 amide bonds. The number of rotatable bonds is 2. The van der Waals surface area contributed by atoms with E-state index in [-0.39, 0.29) is 0 Å². The molecule has 0 saturated carbocycles. The van der Waals surface area contributed by atoms with E-state index in [0.717, 1.165) is 6.42 Å². The van der Waals surface area contributed by atoms with Gasteiger partial charge in [-0.1, -0.05) is 60.7 Å². The normalized spacial score (nSPS) is 11.8. The largest absolute Gasteiger partial charge is 0.149 e. The Morgan fingerprint density at radius 3 is 2.14 bits per heavy atom. The van der Waals surface area contributed by atoms with E-state index in [4.69, 9.17) is 0 Å². The number of benzene rings is 4. The molecule has 0 radical (unpaired) electrons. The first kappa shape index (κ1) is 12.2. The Hall–Kier alpha value is -2.38. The molecule has 0 N–H and O–H groups in total. The van der Waals surface area contributed by atoms with Gasteiger partial charge in [0.1, 0.15) is 0 Å². The third-order valence-corrected chi connectivity index (χ3v) is 5.44. The van der Waals surface area contributed by atoms with Crippen molar-refractivity contribution >= 4 is 43.7 Å². The average molecular weight is 298 g/mol. The molecule has 0 unspecified atom stereocenters. The van der Waals surface area contributed by atoms with Crippen LogP contribution in [0.15, 0.2) is 72.1 Å². The highest BCUT2D eigenvalue weighted by molar-refractivity contribution is 7.09. The van der Waals surface area contributed by atoms with Crippen molar-refractivity contribution in [1.29, 1.82) is 0 Å². The lowest BCUT2D eigenvalue weighted by Gasteiger charge is -2.13. The van der Waals surface area contributed by atoms with Crippen molar-refractivity contribution in [2.45, 2.75) is 6.42 Å².